The second-order valence-corrected chi connectivity index (χ2v) is 4.73. The molecule has 0 unspecified atom stereocenters. The van der Waals surface area contributed by atoms with Crippen molar-refractivity contribution < 1.29 is 4.74 Å². The summed E-state index contributed by atoms with van der Waals surface area (Å²) < 4.78 is 5.83. The predicted molar refractivity (Wildman–Crippen MR) is 64.8 cm³/mol. The van der Waals surface area contributed by atoms with E-state index in [1.165, 1.54) is 0 Å². The monoisotopic (exact) mass is 227 g/mol. The Hall–Kier alpha value is -0.730. The fourth-order valence-electron chi connectivity index (χ4n) is 1.45. The maximum atomic E-state index is 6.09. The number of aryl methyl sites for hydroxylation is 1. The third-order valence-electron chi connectivity index (χ3n) is 2.08. The van der Waals surface area contributed by atoms with E-state index < -0.39 is 0 Å². The Kier molecular flexibility index (Phi) is 4.00. The summed E-state index contributed by atoms with van der Waals surface area (Å²) >= 11 is 6.09. The molecular formula is C12H18ClNO. The van der Waals surface area contributed by atoms with Crippen molar-refractivity contribution in [3.8, 4) is 5.75 Å². The lowest BCUT2D eigenvalue weighted by atomic mass is 10.1. The molecule has 15 heavy (non-hydrogen) atoms. The van der Waals surface area contributed by atoms with Gasteiger partial charge >= 0.3 is 0 Å². The van der Waals surface area contributed by atoms with E-state index in [1.54, 1.807) is 0 Å². The molecule has 0 aliphatic heterocycles. The summed E-state index contributed by atoms with van der Waals surface area (Å²) in [6.45, 7) is 6.84. The first kappa shape index (κ1) is 12.3. The molecule has 0 atom stereocenters. The molecular weight excluding hydrogens is 210 g/mol. The van der Waals surface area contributed by atoms with Crippen molar-refractivity contribution in [1.29, 1.82) is 0 Å². The second-order valence-electron chi connectivity index (χ2n) is 4.33. The van der Waals surface area contributed by atoms with Crippen molar-refractivity contribution in [3.05, 3.63) is 28.8 Å². The number of nitrogens with one attached hydrogen (secondary N) is 1. The molecule has 1 aromatic rings. The molecule has 0 aliphatic carbocycles. The van der Waals surface area contributed by atoms with Gasteiger partial charge in [-0.25, -0.2) is 0 Å². The number of benzene rings is 1. The molecule has 0 saturated carbocycles. The zero-order chi connectivity index (χ0) is 11.5. The van der Waals surface area contributed by atoms with Crippen LogP contribution in [0.25, 0.3) is 0 Å². The smallest absolute Gasteiger partial charge is 0.138 e. The summed E-state index contributed by atoms with van der Waals surface area (Å²) in [6.07, 6.45) is 0. The average molecular weight is 228 g/mol. The second kappa shape index (κ2) is 4.86. The standard InChI is InChI=1S/C12H18ClNO/c1-9-5-6-11(10(13)7-9)15-12(2,3)8-14-4/h5-7,14H,8H2,1-4H3. The lowest BCUT2D eigenvalue weighted by molar-refractivity contribution is 0.110. The lowest BCUT2D eigenvalue weighted by Gasteiger charge is -2.26. The minimum Gasteiger partial charge on any atom is -0.485 e. The molecule has 0 aromatic heterocycles. The molecule has 1 rings (SSSR count). The van der Waals surface area contributed by atoms with E-state index >= 15 is 0 Å². The van der Waals surface area contributed by atoms with Gasteiger partial charge < -0.3 is 10.1 Å². The normalized spacial score (nSPS) is 11.5. The topological polar surface area (TPSA) is 21.3 Å². The highest BCUT2D eigenvalue weighted by Crippen LogP contribution is 2.28. The quantitative estimate of drug-likeness (QED) is 0.854. The van der Waals surface area contributed by atoms with Crippen molar-refractivity contribution >= 4 is 11.6 Å². The Bertz CT molecular complexity index is 336. The maximum Gasteiger partial charge on any atom is 0.138 e. The Morgan fingerprint density at radius 2 is 2.07 bits per heavy atom. The SMILES string of the molecule is CNCC(C)(C)Oc1ccc(C)cc1Cl. The fourth-order valence-corrected chi connectivity index (χ4v) is 1.72. The summed E-state index contributed by atoms with van der Waals surface area (Å²) in [5.41, 5.74) is 0.881. The predicted octanol–water partition coefficient (Wildman–Crippen LogP) is 3.03. The van der Waals surface area contributed by atoms with Crippen molar-refractivity contribution in [1.82, 2.24) is 5.32 Å². The van der Waals surface area contributed by atoms with Gasteiger partial charge in [0.1, 0.15) is 11.4 Å². The fraction of sp³-hybridized carbons (Fsp3) is 0.500. The van der Waals surface area contributed by atoms with Gasteiger partial charge in [0.2, 0.25) is 0 Å². The van der Waals surface area contributed by atoms with E-state index in [2.05, 4.69) is 5.32 Å². The highest BCUT2D eigenvalue weighted by molar-refractivity contribution is 6.32. The molecule has 0 radical (unpaired) electrons. The molecule has 84 valence electrons. The van der Waals surface area contributed by atoms with Crippen LogP contribution in [0, 0.1) is 6.92 Å². The van der Waals surface area contributed by atoms with Crippen LogP contribution in [0.3, 0.4) is 0 Å². The van der Waals surface area contributed by atoms with Gasteiger partial charge in [-0.15, -0.1) is 0 Å². The van der Waals surface area contributed by atoms with E-state index in [1.807, 2.05) is 46.0 Å². The van der Waals surface area contributed by atoms with E-state index in [9.17, 15) is 0 Å². The van der Waals surface area contributed by atoms with Crippen LogP contribution in [-0.4, -0.2) is 19.2 Å². The highest BCUT2D eigenvalue weighted by Gasteiger charge is 2.19. The lowest BCUT2D eigenvalue weighted by Crippen LogP contribution is -2.38. The van der Waals surface area contributed by atoms with E-state index in [0.717, 1.165) is 17.9 Å². The molecule has 0 amide bonds. The van der Waals surface area contributed by atoms with Gasteiger partial charge in [0, 0.05) is 6.54 Å². The summed E-state index contributed by atoms with van der Waals surface area (Å²) in [6, 6.07) is 5.82. The number of ether oxygens (including phenoxy) is 1. The Morgan fingerprint density at radius 1 is 1.40 bits per heavy atom. The van der Waals surface area contributed by atoms with Crippen LogP contribution >= 0.6 is 11.6 Å². The van der Waals surface area contributed by atoms with Crippen LogP contribution in [0.1, 0.15) is 19.4 Å². The first-order valence-corrected chi connectivity index (χ1v) is 5.42. The summed E-state index contributed by atoms with van der Waals surface area (Å²) in [4.78, 5) is 0. The maximum absolute atomic E-state index is 6.09. The average Bonchev–Trinajstić information content (AvgIpc) is 2.09. The first-order valence-electron chi connectivity index (χ1n) is 5.04. The number of rotatable bonds is 4. The highest BCUT2D eigenvalue weighted by atomic mass is 35.5. The third-order valence-corrected chi connectivity index (χ3v) is 2.37. The van der Waals surface area contributed by atoms with Crippen LogP contribution in [0.2, 0.25) is 5.02 Å². The molecule has 0 spiro atoms. The van der Waals surface area contributed by atoms with Crippen molar-refractivity contribution in [3.63, 3.8) is 0 Å². The molecule has 1 aromatic carbocycles. The van der Waals surface area contributed by atoms with Crippen LogP contribution in [0.15, 0.2) is 18.2 Å². The van der Waals surface area contributed by atoms with Crippen molar-refractivity contribution in [2.75, 3.05) is 13.6 Å². The first-order chi connectivity index (χ1) is 6.94. The van der Waals surface area contributed by atoms with Gasteiger partial charge in [-0.3, -0.25) is 0 Å². The van der Waals surface area contributed by atoms with E-state index in [-0.39, 0.29) is 5.60 Å². The van der Waals surface area contributed by atoms with Crippen LogP contribution in [0.4, 0.5) is 0 Å². The van der Waals surface area contributed by atoms with Gasteiger partial charge in [-0.05, 0) is 45.5 Å². The van der Waals surface area contributed by atoms with E-state index in [0.29, 0.717) is 5.02 Å². The van der Waals surface area contributed by atoms with Gasteiger partial charge in [0.25, 0.3) is 0 Å². The van der Waals surface area contributed by atoms with E-state index in [4.69, 9.17) is 16.3 Å². The number of likely N-dealkylation sites (N-methyl/N-ethyl adjacent to an activating group) is 1. The molecule has 1 N–H and O–H groups in total. The molecule has 2 nitrogen and oxygen atoms in total. The Labute approximate surface area is 96.6 Å². The zero-order valence-electron chi connectivity index (χ0n) is 9.73. The van der Waals surface area contributed by atoms with Gasteiger partial charge in [0.05, 0.1) is 5.02 Å². The van der Waals surface area contributed by atoms with Crippen LogP contribution in [-0.2, 0) is 0 Å². The van der Waals surface area contributed by atoms with Crippen molar-refractivity contribution in [2.24, 2.45) is 0 Å². The van der Waals surface area contributed by atoms with Gasteiger partial charge in [0.15, 0.2) is 0 Å². The number of hydrogen-bond acceptors (Lipinski definition) is 2. The summed E-state index contributed by atoms with van der Waals surface area (Å²) in [5.74, 6) is 0.738. The molecule has 3 heteroatoms. The van der Waals surface area contributed by atoms with Gasteiger partial charge in [-0.2, -0.15) is 0 Å². The summed E-state index contributed by atoms with van der Waals surface area (Å²) in [7, 11) is 1.90. The molecule has 0 aliphatic rings. The summed E-state index contributed by atoms with van der Waals surface area (Å²) in [5, 5.41) is 3.76. The van der Waals surface area contributed by atoms with Gasteiger partial charge in [-0.1, -0.05) is 17.7 Å². The van der Waals surface area contributed by atoms with Crippen LogP contribution in [0.5, 0.6) is 5.75 Å². The Balaban J connectivity index is 2.80. The zero-order valence-corrected chi connectivity index (χ0v) is 10.5. The molecule has 0 fully saturated rings. The largest absolute Gasteiger partial charge is 0.485 e. The molecule has 0 bridgehead atoms. The molecule has 0 heterocycles. The third kappa shape index (κ3) is 3.73. The minimum atomic E-state index is -0.256. The van der Waals surface area contributed by atoms with Crippen LogP contribution < -0.4 is 10.1 Å². The Morgan fingerprint density at radius 3 is 2.60 bits per heavy atom. The minimum absolute atomic E-state index is 0.256. The molecule has 0 saturated heterocycles. The van der Waals surface area contributed by atoms with Crippen molar-refractivity contribution in [2.45, 2.75) is 26.4 Å². The number of hydrogen-bond donors (Lipinski definition) is 1. The number of halogens is 1.